The van der Waals surface area contributed by atoms with Gasteiger partial charge >= 0.3 is 5.97 Å². The number of esters is 1. The lowest BCUT2D eigenvalue weighted by molar-refractivity contribution is -0.129. The number of thiophene rings is 1. The highest BCUT2D eigenvalue weighted by molar-refractivity contribution is 7.11. The number of hydrogen-bond donors (Lipinski definition) is 1. The average molecular weight is 199 g/mol. The first kappa shape index (κ1) is 11.9. The second-order valence-corrected chi connectivity index (χ2v) is 3.01. The quantitative estimate of drug-likeness (QED) is 0.583. The van der Waals surface area contributed by atoms with Gasteiger partial charge in [0.15, 0.2) is 5.06 Å². The van der Waals surface area contributed by atoms with Gasteiger partial charge in [-0.1, -0.05) is 6.58 Å². The van der Waals surface area contributed by atoms with Crippen LogP contribution in [0.2, 0.25) is 0 Å². The zero-order valence-electron chi connectivity index (χ0n) is 7.74. The average Bonchev–Trinajstić information content (AvgIpc) is 2.60. The summed E-state index contributed by atoms with van der Waals surface area (Å²) in [7, 11) is 1.50. The van der Waals surface area contributed by atoms with Crippen LogP contribution in [0.4, 0.5) is 0 Å². The van der Waals surface area contributed by atoms with Crippen LogP contribution >= 0.6 is 11.3 Å². The molecule has 0 aromatic carbocycles. The van der Waals surface area contributed by atoms with Crippen molar-refractivity contribution in [1.82, 2.24) is 0 Å². The molecule has 0 amide bonds. The van der Waals surface area contributed by atoms with Gasteiger partial charge in [0.05, 0.1) is 0 Å². The molecule has 3 nitrogen and oxygen atoms in total. The van der Waals surface area contributed by atoms with E-state index in [1.807, 2.05) is 11.4 Å². The van der Waals surface area contributed by atoms with Crippen molar-refractivity contribution < 1.29 is 9.53 Å². The number of carbonyl (C=O) groups is 1. The summed E-state index contributed by atoms with van der Waals surface area (Å²) < 4.78 is 4.90. The highest BCUT2D eigenvalue weighted by atomic mass is 32.1. The molecule has 0 unspecified atom stereocenters. The molecule has 0 aliphatic carbocycles. The Bertz CT molecular complexity index is 267. The second kappa shape index (κ2) is 6.39. The smallest absolute Gasteiger partial charge is 0.339 e. The van der Waals surface area contributed by atoms with Crippen molar-refractivity contribution in [3.63, 3.8) is 0 Å². The molecule has 0 atom stereocenters. The summed E-state index contributed by atoms with van der Waals surface area (Å²) in [5.74, 6) is -0.368. The third kappa shape index (κ3) is 4.45. The number of rotatable bonds is 2. The minimum atomic E-state index is -0.368. The monoisotopic (exact) mass is 199 g/mol. The maximum atomic E-state index is 10.9. The summed E-state index contributed by atoms with van der Waals surface area (Å²) in [5.41, 5.74) is 4.92. The van der Waals surface area contributed by atoms with Gasteiger partial charge in [0.1, 0.15) is 0 Å². The Labute approximate surface area is 81.8 Å². The van der Waals surface area contributed by atoms with Crippen molar-refractivity contribution in [1.29, 1.82) is 0 Å². The molecule has 72 valence electrons. The van der Waals surface area contributed by atoms with E-state index >= 15 is 0 Å². The Hall–Kier alpha value is -1.13. The van der Waals surface area contributed by atoms with Crippen LogP contribution < -0.4 is 10.5 Å². The van der Waals surface area contributed by atoms with Crippen LogP contribution in [0, 0.1) is 0 Å². The predicted octanol–water partition coefficient (Wildman–Crippen LogP) is 1.80. The molecule has 0 saturated heterocycles. The van der Waals surface area contributed by atoms with Gasteiger partial charge in [-0.2, -0.15) is 0 Å². The zero-order valence-corrected chi connectivity index (χ0v) is 8.56. The maximum absolute atomic E-state index is 10.9. The largest absolute Gasteiger partial charge is 0.412 e. The van der Waals surface area contributed by atoms with E-state index < -0.39 is 0 Å². The summed E-state index contributed by atoms with van der Waals surface area (Å²) in [6, 6.07) is 3.57. The summed E-state index contributed by atoms with van der Waals surface area (Å²) in [6.45, 7) is 5.09. The topological polar surface area (TPSA) is 52.3 Å². The molecule has 1 rings (SSSR count). The van der Waals surface area contributed by atoms with E-state index in [2.05, 4.69) is 12.3 Å². The fourth-order valence-electron chi connectivity index (χ4n) is 0.500. The minimum absolute atomic E-state index is 0.368. The molecule has 0 radical (unpaired) electrons. The van der Waals surface area contributed by atoms with Gasteiger partial charge in [-0.3, -0.25) is 0 Å². The van der Waals surface area contributed by atoms with E-state index in [1.165, 1.54) is 18.4 Å². The van der Waals surface area contributed by atoms with Crippen LogP contribution in [0.25, 0.3) is 0 Å². The zero-order chi connectivity index (χ0) is 10.3. The summed E-state index contributed by atoms with van der Waals surface area (Å²) in [4.78, 5) is 10.9. The molecule has 1 aromatic rings. The summed E-state index contributed by atoms with van der Waals surface area (Å²) >= 11 is 1.38. The molecule has 0 bridgehead atoms. The molecule has 1 heterocycles. The molecule has 0 spiro atoms. The number of carbonyl (C=O) groups excluding carboxylic acids is 1. The summed E-state index contributed by atoms with van der Waals surface area (Å²) in [5, 5.41) is 2.46. The van der Waals surface area contributed by atoms with E-state index in [0.29, 0.717) is 10.6 Å². The molecule has 1 aromatic heterocycles. The molecule has 13 heavy (non-hydrogen) atoms. The van der Waals surface area contributed by atoms with Gasteiger partial charge in [0, 0.05) is 5.57 Å². The first-order chi connectivity index (χ1) is 6.20. The SMILES string of the molecule is C=C(C)C(=O)Oc1cccs1.CN. The molecular formula is C9H13NO2S. The highest BCUT2D eigenvalue weighted by Gasteiger charge is 2.04. The molecule has 4 heteroatoms. The number of nitrogens with two attached hydrogens (primary N) is 1. The minimum Gasteiger partial charge on any atom is -0.412 e. The van der Waals surface area contributed by atoms with Crippen molar-refractivity contribution >= 4 is 17.3 Å². The van der Waals surface area contributed by atoms with Gasteiger partial charge in [-0.25, -0.2) is 4.79 Å². The van der Waals surface area contributed by atoms with Crippen molar-refractivity contribution in [3.05, 3.63) is 29.7 Å². The maximum Gasteiger partial charge on any atom is 0.339 e. The molecular weight excluding hydrogens is 186 g/mol. The van der Waals surface area contributed by atoms with E-state index in [9.17, 15) is 4.79 Å². The van der Waals surface area contributed by atoms with Gasteiger partial charge in [0.25, 0.3) is 0 Å². The molecule has 0 saturated carbocycles. The standard InChI is InChI=1S/C8H8O2S.CH5N/c1-6(2)8(9)10-7-4-3-5-11-7;1-2/h3-5H,1H2,2H3;2H2,1H3. The van der Waals surface area contributed by atoms with Crippen LogP contribution in [-0.2, 0) is 4.79 Å². The van der Waals surface area contributed by atoms with Gasteiger partial charge in [-0.05, 0) is 31.5 Å². The van der Waals surface area contributed by atoms with Crippen LogP contribution in [0.1, 0.15) is 6.92 Å². The van der Waals surface area contributed by atoms with Crippen LogP contribution in [0.5, 0.6) is 5.06 Å². The second-order valence-electron chi connectivity index (χ2n) is 2.10. The first-order valence-electron chi connectivity index (χ1n) is 3.69. The fourth-order valence-corrected chi connectivity index (χ4v) is 1.07. The Morgan fingerprint density at radius 3 is 2.62 bits per heavy atom. The van der Waals surface area contributed by atoms with Crippen LogP contribution in [0.3, 0.4) is 0 Å². The predicted molar refractivity (Wildman–Crippen MR) is 54.9 cm³/mol. The lowest BCUT2D eigenvalue weighted by atomic mass is 10.4. The Kier molecular flexibility index (Phi) is 5.84. The van der Waals surface area contributed by atoms with E-state index in [1.54, 1.807) is 13.0 Å². The van der Waals surface area contributed by atoms with Crippen LogP contribution in [0.15, 0.2) is 29.7 Å². The third-order valence-electron chi connectivity index (χ3n) is 1.04. The molecule has 0 fully saturated rings. The summed E-state index contributed by atoms with van der Waals surface area (Å²) in [6.07, 6.45) is 0. The molecule has 0 aliphatic heterocycles. The Morgan fingerprint density at radius 2 is 2.23 bits per heavy atom. The number of ether oxygens (including phenoxy) is 1. The molecule has 2 N–H and O–H groups in total. The number of hydrogen-bond acceptors (Lipinski definition) is 4. The van der Waals surface area contributed by atoms with Gasteiger partial charge < -0.3 is 10.5 Å². The highest BCUT2D eigenvalue weighted by Crippen LogP contribution is 2.18. The van der Waals surface area contributed by atoms with Crippen LogP contribution in [-0.4, -0.2) is 13.0 Å². The van der Waals surface area contributed by atoms with Gasteiger partial charge in [-0.15, -0.1) is 11.3 Å². The first-order valence-corrected chi connectivity index (χ1v) is 4.57. The molecule has 0 aliphatic rings. The lowest BCUT2D eigenvalue weighted by Gasteiger charge is -1.97. The normalized spacial score (nSPS) is 8.23. The fraction of sp³-hybridized carbons (Fsp3) is 0.222. The van der Waals surface area contributed by atoms with Gasteiger partial charge in [0.2, 0.25) is 0 Å². The van der Waals surface area contributed by atoms with Crippen molar-refractivity contribution in [3.8, 4) is 5.06 Å². The Morgan fingerprint density at radius 1 is 1.62 bits per heavy atom. The Balaban J connectivity index is 0.000000671. The van der Waals surface area contributed by atoms with E-state index in [4.69, 9.17) is 4.74 Å². The third-order valence-corrected chi connectivity index (χ3v) is 1.78. The van der Waals surface area contributed by atoms with E-state index in [0.717, 1.165) is 0 Å². The van der Waals surface area contributed by atoms with E-state index in [-0.39, 0.29) is 5.97 Å². The van der Waals surface area contributed by atoms with Crippen molar-refractivity contribution in [2.24, 2.45) is 5.73 Å². The van der Waals surface area contributed by atoms with Crippen molar-refractivity contribution in [2.75, 3.05) is 7.05 Å². The van der Waals surface area contributed by atoms with Crippen molar-refractivity contribution in [2.45, 2.75) is 6.92 Å². The lowest BCUT2D eigenvalue weighted by Crippen LogP contribution is -2.06.